The summed E-state index contributed by atoms with van der Waals surface area (Å²) in [6.07, 6.45) is 2.93. The number of nitrogens with one attached hydrogen (secondary N) is 1. The van der Waals surface area contributed by atoms with Gasteiger partial charge in [0.2, 0.25) is 0 Å². The quantitative estimate of drug-likeness (QED) is 0.681. The van der Waals surface area contributed by atoms with Crippen molar-refractivity contribution in [2.45, 2.75) is 0 Å². The van der Waals surface area contributed by atoms with E-state index < -0.39 is 0 Å². The van der Waals surface area contributed by atoms with Gasteiger partial charge in [-0.15, -0.1) is 0 Å². The molecule has 0 saturated carbocycles. The summed E-state index contributed by atoms with van der Waals surface area (Å²) < 4.78 is 0. The number of rotatable bonds is 1. The first kappa shape index (κ1) is 9.98. The fourth-order valence-corrected chi connectivity index (χ4v) is 1.60. The minimum Gasteiger partial charge on any atom is -0.382 e. The van der Waals surface area contributed by atoms with Crippen LogP contribution >= 0.6 is 11.6 Å². The molecule has 0 aliphatic carbocycles. The van der Waals surface area contributed by atoms with Crippen molar-refractivity contribution in [1.82, 2.24) is 24.9 Å². The third-order valence-corrected chi connectivity index (χ3v) is 2.51. The number of pyridine rings is 1. The number of nitrogen functional groups attached to an aromatic ring is 1. The Morgan fingerprint density at radius 1 is 1.18 bits per heavy atom. The highest BCUT2D eigenvalue weighted by molar-refractivity contribution is 6.30. The summed E-state index contributed by atoms with van der Waals surface area (Å²) in [5, 5.41) is 0.573. The summed E-state index contributed by atoms with van der Waals surface area (Å²) in [7, 11) is 0. The third-order valence-electron chi connectivity index (χ3n) is 2.29. The number of nitrogens with zero attached hydrogens (tertiary/aromatic N) is 4. The number of halogens is 1. The summed E-state index contributed by atoms with van der Waals surface area (Å²) in [4.78, 5) is 19.4. The van der Waals surface area contributed by atoms with Crippen LogP contribution in [0.1, 0.15) is 0 Å². The molecule has 3 heterocycles. The summed E-state index contributed by atoms with van der Waals surface area (Å²) in [5.74, 6) is 0.951. The molecule has 3 N–H and O–H groups in total. The van der Waals surface area contributed by atoms with E-state index in [2.05, 4.69) is 24.9 Å². The third kappa shape index (κ3) is 1.68. The van der Waals surface area contributed by atoms with E-state index in [4.69, 9.17) is 17.3 Å². The molecule has 0 aliphatic rings. The van der Waals surface area contributed by atoms with Gasteiger partial charge in [0, 0.05) is 6.20 Å². The lowest BCUT2D eigenvalue weighted by Crippen LogP contribution is -1.91. The van der Waals surface area contributed by atoms with Crippen LogP contribution in [0.15, 0.2) is 24.7 Å². The van der Waals surface area contributed by atoms with Crippen LogP contribution in [0.25, 0.3) is 22.7 Å². The summed E-state index contributed by atoms with van der Waals surface area (Å²) in [5.41, 5.74) is 7.51. The second-order valence-corrected chi connectivity index (χ2v) is 3.84. The van der Waals surface area contributed by atoms with Crippen LogP contribution in [0.4, 0.5) is 5.82 Å². The van der Waals surface area contributed by atoms with Gasteiger partial charge in [0.05, 0.1) is 5.02 Å². The molecule has 0 aliphatic heterocycles. The molecular weight excluding hydrogens is 240 g/mol. The van der Waals surface area contributed by atoms with E-state index in [1.54, 1.807) is 18.3 Å². The minimum atomic E-state index is 0.364. The first-order valence-electron chi connectivity index (χ1n) is 4.82. The van der Waals surface area contributed by atoms with Crippen molar-refractivity contribution in [2.75, 3.05) is 5.73 Å². The van der Waals surface area contributed by atoms with Crippen molar-refractivity contribution in [1.29, 1.82) is 0 Å². The second-order valence-electron chi connectivity index (χ2n) is 3.40. The first-order valence-corrected chi connectivity index (χ1v) is 5.20. The van der Waals surface area contributed by atoms with Gasteiger partial charge in [-0.1, -0.05) is 11.6 Å². The topological polar surface area (TPSA) is 93.4 Å². The van der Waals surface area contributed by atoms with Crippen molar-refractivity contribution < 1.29 is 0 Å². The van der Waals surface area contributed by atoms with Crippen molar-refractivity contribution in [3.05, 3.63) is 29.7 Å². The molecule has 6 nitrogen and oxygen atoms in total. The molecular formula is C10H7ClN6. The Bertz CT molecular complexity index is 675. The van der Waals surface area contributed by atoms with Crippen molar-refractivity contribution in [3.63, 3.8) is 0 Å². The molecule has 0 bridgehead atoms. The number of H-pyrrole nitrogens is 1. The average Bonchev–Trinajstić information content (AvgIpc) is 2.75. The van der Waals surface area contributed by atoms with Crippen LogP contribution in [0, 0.1) is 0 Å². The molecule has 3 aromatic rings. The average molecular weight is 247 g/mol. The smallest absolute Gasteiger partial charge is 0.183 e. The molecule has 0 atom stereocenters. The van der Waals surface area contributed by atoms with E-state index in [-0.39, 0.29) is 0 Å². The summed E-state index contributed by atoms with van der Waals surface area (Å²) in [6, 6.07) is 3.51. The molecule has 84 valence electrons. The molecule has 0 saturated heterocycles. The van der Waals surface area contributed by atoms with Crippen LogP contribution in [0.2, 0.25) is 5.02 Å². The van der Waals surface area contributed by atoms with Gasteiger partial charge < -0.3 is 10.7 Å². The van der Waals surface area contributed by atoms with Gasteiger partial charge in [0.1, 0.15) is 17.5 Å². The maximum absolute atomic E-state index is 5.77. The Kier molecular flexibility index (Phi) is 2.15. The first-order chi connectivity index (χ1) is 8.24. The largest absolute Gasteiger partial charge is 0.382 e. The van der Waals surface area contributed by atoms with Crippen LogP contribution in [0.5, 0.6) is 0 Å². The standard InChI is InChI=1S/C10H7ClN6/c11-5-1-2-6(13-3-5)9-16-7-8(12)14-4-15-10(7)17-9/h1-4H,(H3,12,14,15,16,17). The zero-order valence-corrected chi connectivity index (χ0v) is 9.31. The molecule has 0 fully saturated rings. The maximum Gasteiger partial charge on any atom is 0.183 e. The Morgan fingerprint density at radius 2 is 2.06 bits per heavy atom. The van der Waals surface area contributed by atoms with E-state index in [0.29, 0.717) is 33.5 Å². The van der Waals surface area contributed by atoms with Crippen LogP contribution in [-0.2, 0) is 0 Å². The van der Waals surface area contributed by atoms with Crippen molar-refractivity contribution >= 4 is 28.6 Å². The van der Waals surface area contributed by atoms with Gasteiger partial charge in [0.15, 0.2) is 17.3 Å². The van der Waals surface area contributed by atoms with E-state index in [1.807, 2.05) is 0 Å². The minimum absolute atomic E-state index is 0.364. The Morgan fingerprint density at radius 3 is 2.76 bits per heavy atom. The molecule has 0 radical (unpaired) electrons. The lowest BCUT2D eigenvalue weighted by molar-refractivity contribution is 1.20. The van der Waals surface area contributed by atoms with Gasteiger partial charge in [-0.2, -0.15) is 0 Å². The lowest BCUT2D eigenvalue weighted by Gasteiger charge is -1.94. The van der Waals surface area contributed by atoms with Gasteiger partial charge in [-0.3, -0.25) is 4.98 Å². The number of hydrogen-bond donors (Lipinski definition) is 2. The number of imidazole rings is 1. The SMILES string of the molecule is Nc1ncnc2nc(-c3ccc(Cl)cn3)[nH]c12. The maximum atomic E-state index is 5.77. The van der Waals surface area contributed by atoms with Crippen molar-refractivity contribution in [3.8, 4) is 11.5 Å². The molecule has 3 aromatic heterocycles. The monoisotopic (exact) mass is 246 g/mol. The normalized spacial score (nSPS) is 10.9. The number of fused-ring (bicyclic) bond motifs is 1. The Hall–Kier alpha value is -2.21. The van der Waals surface area contributed by atoms with E-state index >= 15 is 0 Å². The van der Waals surface area contributed by atoms with E-state index in [0.717, 1.165) is 0 Å². The lowest BCUT2D eigenvalue weighted by atomic mass is 10.3. The highest BCUT2D eigenvalue weighted by Crippen LogP contribution is 2.20. The van der Waals surface area contributed by atoms with Gasteiger partial charge in [-0.25, -0.2) is 15.0 Å². The zero-order valence-electron chi connectivity index (χ0n) is 8.55. The van der Waals surface area contributed by atoms with Crippen LogP contribution in [0.3, 0.4) is 0 Å². The van der Waals surface area contributed by atoms with Gasteiger partial charge >= 0.3 is 0 Å². The molecule has 3 rings (SSSR count). The number of hydrogen-bond acceptors (Lipinski definition) is 5. The van der Waals surface area contributed by atoms with E-state index in [1.165, 1.54) is 6.33 Å². The van der Waals surface area contributed by atoms with E-state index in [9.17, 15) is 0 Å². The predicted molar refractivity (Wildman–Crippen MR) is 64.3 cm³/mol. The number of aromatic nitrogens is 5. The fourth-order valence-electron chi connectivity index (χ4n) is 1.48. The fraction of sp³-hybridized carbons (Fsp3) is 0. The van der Waals surface area contributed by atoms with Gasteiger partial charge in [0.25, 0.3) is 0 Å². The molecule has 0 aromatic carbocycles. The summed E-state index contributed by atoms with van der Waals surface area (Å²) in [6.45, 7) is 0. The van der Waals surface area contributed by atoms with Crippen molar-refractivity contribution in [2.24, 2.45) is 0 Å². The van der Waals surface area contributed by atoms with Crippen LogP contribution < -0.4 is 5.73 Å². The molecule has 7 heteroatoms. The summed E-state index contributed by atoms with van der Waals surface area (Å²) >= 11 is 5.77. The highest BCUT2D eigenvalue weighted by atomic mass is 35.5. The Labute approximate surface area is 101 Å². The Balaban J connectivity index is 2.18. The predicted octanol–water partition coefficient (Wildman–Crippen LogP) is 1.65. The van der Waals surface area contributed by atoms with Crippen LogP contribution in [-0.4, -0.2) is 24.9 Å². The number of anilines is 1. The highest BCUT2D eigenvalue weighted by Gasteiger charge is 2.09. The second kappa shape index (κ2) is 3.67. The number of aromatic amines is 1. The zero-order chi connectivity index (χ0) is 11.8. The van der Waals surface area contributed by atoms with Gasteiger partial charge in [-0.05, 0) is 12.1 Å². The molecule has 0 unspecified atom stereocenters. The molecule has 17 heavy (non-hydrogen) atoms. The molecule has 0 amide bonds. The number of nitrogens with two attached hydrogens (primary N) is 1. The molecule has 0 spiro atoms.